The van der Waals surface area contributed by atoms with Crippen LogP contribution in [0, 0.1) is 25.2 Å². The smallest absolute Gasteiger partial charge is 0.225 e. The second kappa shape index (κ2) is 7.35. The van der Waals surface area contributed by atoms with Gasteiger partial charge in [0, 0.05) is 31.4 Å². The molecular weight excluding hydrogens is 294 g/mol. The normalized spacial score (nSPS) is 10.2. The lowest BCUT2D eigenvalue weighted by Crippen LogP contribution is -2.16. The van der Waals surface area contributed by atoms with Gasteiger partial charge in [0.1, 0.15) is 17.5 Å². The predicted octanol–water partition coefficient (Wildman–Crippen LogP) is 1.53. The number of rotatable bonds is 6. The molecule has 2 aromatic heterocycles. The zero-order valence-electron chi connectivity index (χ0n) is 13.4. The average Bonchev–Trinajstić information content (AvgIpc) is 2.83. The molecule has 0 saturated carbocycles. The first kappa shape index (κ1) is 16.4. The average molecular weight is 313 g/mol. The monoisotopic (exact) mass is 313 g/mol. The Balaban J connectivity index is 1.79. The Morgan fingerprint density at radius 2 is 2.04 bits per heavy atom. The van der Waals surface area contributed by atoms with Gasteiger partial charge in [-0.05, 0) is 26.3 Å². The Hall–Kier alpha value is -2.95. The fourth-order valence-corrected chi connectivity index (χ4v) is 2.12. The maximum Gasteiger partial charge on any atom is 0.225 e. The number of nitriles is 1. The molecule has 0 bridgehead atoms. The SMILES string of the molecule is Cc1cc(C)nc(NCCCC(=O)Nc2c(C#N)cnn2C)n1. The minimum Gasteiger partial charge on any atom is -0.354 e. The van der Waals surface area contributed by atoms with Crippen molar-refractivity contribution in [3.05, 3.63) is 29.2 Å². The summed E-state index contributed by atoms with van der Waals surface area (Å²) in [6, 6.07) is 3.90. The Bertz CT molecular complexity index is 725. The van der Waals surface area contributed by atoms with Gasteiger partial charge in [-0.3, -0.25) is 9.48 Å². The number of carbonyl (C=O) groups excluding carboxylic acids is 1. The lowest BCUT2D eigenvalue weighted by atomic mass is 10.3. The van der Waals surface area contributed by atoms with E-state index < -0.39 is 0 Å². The molecule has 2 heterocycles. The molecule has 2 N–H and O–H groups in total. The molecule has 0 atom stereocenters. The van der Waals surface area contributed by atoms with Gasteiger partial charge in [0.05, 0.1) is 6.20 Å². The van der Waals surface area contributed by atoms with E-state index in [0.29, 0.717) is 36.7 Å². The molecule has 0 fully saturated rings. The van der Waals surface area contributed by atoms with Gasteiger partial charge in [-0.1, -0.05) is 0 Å². The van der Waals surface area contributed by atoms with Crippen molar-refractivity contribution in [1.29, 1.82) is 5.26 Å². The minimum absolute atomic E-state index is 0.159. The van der Waals surface area contributed by atoms with Crippen molar-refractivity contribution in [2.24, 2.45) is 7.05 Å². The standard InChI is InChI=1S/C15H19N7O/c1-10-7-11(2)20-15(19-10)17-6-4-5-13(23)21-14-12(8-16)9-18-22(14)3/h7,9H,4-6H2,1-3H3,(H,21,23)(H,17,19,20). The Morgan fingerprint density at radius 3 is 2.70 bits per heavy atom. The van der Waals surface area contributed by atoms with Gasteiger partial charge in [-0.25, -0.2) is 9.97 Å². The van der Waals surface area contributed by atoms with Crippen LogP contribution in [-0.4, -0.2) is 32.2 Å². The molecule has 0 spiro atoms. The third-order valence-electron chi connectivity index (χ3n) is 3.16. The Morgan fingerprint density at radius 1 is 1.35 bits per heavy atom. The number of nitrogens with zero attached hydrogens (tertiary/aromatic N) is 5. The molecule has 0 aliphatic heterocycles. The third kappa shape index (κ3) is 4.51. The van der Waals surface area contributed by atoms with Gasteiger partial charge in [-0.15, -0.1) is 0 Å². The number of amides is 1. The van der Waals surface area contributed by atoms with Crippen molar-refractivity contribution in [3.63, 3.8) is 0 Å². The van der Waals surface area contributed by atoms with Crippen LogP contribution in [0.25, 0.3) is 0 Å². The summed E-state index contributed by atoms with van der Waals surface area (Å²) in [5.41, 5.74) is 2.15. The molecule has 0 unspecified atom stereocenters. The lowest BCUT2D eigenvalue weighted by molar-refractivity contribution is -0.116. The maximum absolute atomic E-state index is 11.9. The number of anilines is 2. The van der Waals surface area contributed by atoms with Crippen molar-refractivity contribution in [1.82, 2.24) is 19.7 Å². The summed E-state index contributed by atoms with van der Waals surface area (Å²) in [7, 11) is 1.68. The highest BCUT2D eigenvalue weighted by molar-refractivity contribution is 5.91. The van der Waals surface area contributed by atoms with E-state index in [1.807, 2.05) is 26.0 Å². The maximum atomic E-state index is 11.9. The molecule has 23 heavy (non-hydrogen) atoms. The first-order chi connectivity index (χ1) is 11.0. The van der Waals surface area contributed by atoms with Crippen LogP contribution in [-0.2, 0) is 11.8 Å². The first-order valence-corrected chi connectivity index (χ1v) is 7.27. The molecule has 0 aromatic carbocycles. The Labute approximate surface area is 134 Å². The number of aryl methyl sites for hydroxylation is 3. The summed E-state index contributed by atoms with van der Waals surface area (Å²) >= 11 is 0. The molecule has 0 aliphatic carbocycles. The topological polar surface area (TPSA) is 109 Å². The second-order valence-electron chi connectivity index (χ2n) is 5.20. The van der Waals surface area contributed by atoms with Crippen LogP contribution in [0.3, 0.4) is 0 Å². The first-order valence-electron chi connectivity index (χ1n) is 7.27. The zero-order chi connectivity index (χ0) is 16.8. The molecule has 2 rings (SSSR count). The van der Waals surface area contributed by atoms with E-state index in [0.717, 1.165) is 11.4 Å². The van der Waals surface area contributed by atoms with Crippen molar-refractivity contribution in [2.45, 2.75) is 26.7 Å². The van der Waals surface area contributed by atoms with Gasteiger partial charge in [-0.2, -0.15) is 10.4 Å². The molecule has 0 aliphatic rings. The molecule has 0 saturated heterocycles. The lowest BCUT2D eigenvalue weighted by Gasteiger charge is -2.08. The van der Waals surface area contributed by atoms with Crippen molar-refractivity contribution >= 4 is 17.7 Å². The van der Waals surface area contributed by atoms with Crippen LogP contribution in [0.15, 0.2) is 12.3 Å². The summed E-state index contributed by atoms with van der Waals surface area (Å²) in [6.45, 7) is 4.41. The molecule has 2 aromatic rings. The van der Waals surface area contributed by atoms with E-state index in [1.165, 1.54) is 10.9 Å². The van der Waals surface area contributed by atoms with Crippen LogP contribution in [0.1, 0.15) is 29.8 Å². The largest absolute Gasteiger partial charge is 0.354 e. The number of aromatic nitrogens is 4. The summed E-state index contributed by atoms with van der Waals surface area (Å²) in [6.07, 6.45) is 2.38. The molecule has 0 radical (unpaired) electrons. The van der Waals surface area contributed by atoms with E-state index in [1.54, 1.807) is 7.05 Å². The quantitative estimate of drug-likeness (QED) is 0.783. The van der Waals surface area contributed by atoms with Crippen molar-refractivity contribution in [2.75, 3.05) is 17.2 Å². The van der Waals surface area contributed by atoms with Gasteiger partial charge in [0.15, 0.2) is 0 Å². The number of nitrogens with one attached hydrogen (secondary N) is 2. The number of hydrogen-bond acceptors (Lipinski definition) is 6. The van der Waals surface area contributed by atoms with E-state index in [9.17, 15) is 4.79 Å². The van der Waals surface area contributed by atoms with E-state index in [2.05, 4.69) is 25.7 Å². The van der Waals surface area contributed by atoms with Gasteiger partial charge in [0.25, 0.3) is 0 Å². The highest BCUT2D eigenvalue weighted by atomic mass is 16.1. The van der Waals surface area contributed by atoms with Gasteiger partial charge >= 0.3 is 0 Å². The fraction of sp³-hybridized carbons (Fsp3) is 0.400. The molecule has 1 amide bonds. The minimum atomic E-state index is -0.159. The van der Waals surface area contributed by atoms with Crippen molar-refractivity contribution in [3.8, 4) is 6.07 Å². The van der Waals surface area contributed by atoms with E-state index >= 15 is 0 Å². The van der Waals surface area contributed by atoms with E-state index in [-0.39, 0.29) is 5.91 Å². The Kier molecular flexibility index (Phi) is 5.25. The van der Waals surface area contributed by atoms with Crippen LogP contribution < -0.4 is 10.6 Å². The summed E-state index contributed by atoms with van der Waals surface area (Å²) in [5, 5.41) is 18.7. The number of carbonyl (C=O) groups is 1. The van der Waals surface area contributed by atoms with Gasteiger partial charge in [0.2, 0.25) is 11.9 Å². The van der Waals surface area contributed by atoms with Crippen molar-refractivity contribution < 1.29 is 4.79 Å². The molecule has 120 valence electrons. The summed E-state index contributed by atoms with van der Waals surface area (Å²) < 4.78 is 1.47. The molecule has 8 nitrogen and oxygen atoms in total. The second-order valence-corrected chi connectivity index (χ2v) is 5.20. The van der Waals surface area contributed by atoms with E-state index in [4.69, 9.17) is 5.26 Å². The van der Waals surface area contributed by atoms with Crippen LogP contribution in [0.5, 0.6) is 0 Å². The third-order valence-corrected chi connectivity index (χ3v) is 3.16. The summed E-state index contributed by atoms with van der Waals surface area (Å²) in [4.78, 5) is 20.5. The zero-order valence-corrected chi connectivity index (χ0v) is 13.4. The number of hydrogen-bond donors (Lipinski definition) is 2. The molecular formula is C15H19N7O. The van der Waals surface area contributed by atoms with Crippen LogP contribution in [0.4, 0.5) is 11.8 Å². The van der Waals surface area contributed by atoms with Crippen LogP contribution in [0.2, 0.25) is 0 Å². The van der Waals surface area contributed by atoms with Crippen LogP contribution >= 0.6 is 0 Å². The van der Waals surface area contributed by atoms with Gasteiger partial charge < -0.3 is 10.6 Å². The predicted molar refractivity (Wildman–Crippen MR) is 85.8 cm³/mol. The highest BCUT2D eigenvalue weighted by Crippen LogP contribution is 2.13. The highest BCUT2D eigenvalue weighted by Gasteiger charge is 2.11. The fourth-order valence-electron chi connectivity index (χ4n) is 2.12. The molecule has 8 heteroatoms. The summed E-state index contributed by atoms with van der Waals surface area (Å²) in [5.74, 6) is 0.831.